The van der Waals surface area contributed by atoms with Crippen LogP contribution in [0, 0.1) is 0 Å². The van der Waals surface area contributed by atoms with E-state index in [-0.39, 0.29) is 23.7 Å². The zero-order valence-electron chi connectivity index (χ0n) is 21.2. The highest BCUT2D eigenvalue weighted by Crippen LogP contribution is 2.49. The Morgan fingerprint density at radius 2 is 1.81 bits per heavy atom. The van der Waals surface area contributed by atoms with Crippen molar-refractivity contribution >= 4 is 26.7 Å². The molecule has 6 rings (SSSR count). The molecule has 3 heterocycles. The van der Waals surface area contributed by atoms with Crippen molar-refractivity contribution in [1.29, 1.82) is 0 Å². The molecular weight excluding hydrogens is 488 g/mol. The van der Waals surface area contributed by atoms with Crippen molar-refractivity contribution in [3.8, 4) is 11.5 Å². The second-order valence-electron chi connectivity index (χ2n) is 10.2. The standard InChI is InChI=1S/C29H32N2O5S/c1-35-22-17-21-13-15-30-28(27(21)26(18-22)36-2)24-11-6-12-25(29(30)32)31(24)37(33,34)16-14-20-9-5-8-19-7-3-4-10-23(19)20/h3-5,7-10,17-18,24-25,28H,6,11-16H2,1-2H3. The number of piperazine rings is 1. The van der Waals surface area contributed by atoms with Crippen molar-refractivity contribution in [3.63, 3.8) is 0 Å². The summed E-state index contributed by atoms with van der Waals surface area (Å²) < 4.78 is 40.8. The van der Waals surface area contributed by atoms with Gasteiger partial charge < -0.3 is 14.4 Å². The van der Waals surface area contributed by atoms with Crippen LogP contribution in [0.3, 0.4) is 0 Å². The lowest BCUT2D eigenvalue weighted by atomic mass is 9.79. The van der Waals surface area contributed by atoms with Crippen molar-refractivity contribution in [2.45, 2.75) is 50.2 Å². The van der Waals surface area contributed by atoms with Crippen LogP contribution in [-0.2, 0) is 27.7 Å². The Kier molecular flexibility index (Phi) is 6.12. The number of fused-ring (bicyclic) bond motifs is 7. The van der Waals surface area contributed by atoms with Crippen molar-refractivity contribution in [1.82, 2.24) is 9.21 Å². The number of ether oxygens (including phenoxy) is 2. The first-order chi connectivity index (χ1) is 17.9. The number of carbonyl (C=O) groups is 1. The summed E-state index contributed by atoms with van der Waals surface area (Å²) in [5, 5.41) is 2.17. The number of hydrogen-bond acceptors (Lipinski definition) is 5. The number of aryl methyl sites for hydroxylation is 1. The van der Waals surface area contributed by atoms with Crippen LogP contribution in [0.5, 0.6) is 11.5 Å². The first kappa shape index (κ1) is 24.2. The van der Waals surface area contributed by atoms with Gasteiger partial charge in [-0.15, -0.1) is 0 Å². The maximum Gasteiger partial charge on any atom is 0.241 e. The first-order valence-corrected chi connectivity index (χ1v) is 14.6. The van der Waals surface area contributed by atoms with Gasteiger partial charge in [-0.25, -0.2) is 8.42 Å². The average molecular weight is 521 g/mol. The van der Waals surface area contributed by atoms with Crippen molar-refractivity contribution in [2.75, 3.05) is 26.5 Å². The van der Waals surface area contributed by atoms with Gasteiger partial charge in [-0.3, -0.25) is 4.79 Å². The van der Waals surface area contributed by atoms with Gasteiger partial charge in [0.05, 0.1) is 32.1 Å². The molecule has 3 aliphatic rings. The van der Waals surface area contributed by atoms with E-state index < -0.39 is 16.1 Å². The van der Waals surface area contributed by atoms with E-state index in [1.165, 1.54) is 0 Å². The zero-order chi connectivity index (χ0) is 25.7. The van der Waals surface area contributed by atoms with Crippen LogP contribution in [0.15, 0.2) is 54.6 Å². The molecule has 194 valence electrons. The maximum atomic E-state index is 14.0. The van der Waals surface area contributed by atoms with Gasteiger partial charge in [-0.1, -0.05) is 42.5 Å². The molecule has 0 saturated carbocycles. The van der Waals surface area contributed by atoms with Gasteiger partial charge in [-0.2, -0.15) is 4.31 Å². The lowest BCUT2D eigenvalue weighted by Gasteiger charge is -2.54. The quantitative estimate of drug-likeness (QED) is 0.489. The average Bonchev–Trinajstić information content (AvgIpc) is 2.93. The Labute approximate surface area is 218 Å². The first-order valence-electron chi connectivity index (χ1n) is 13.0. The minimum absolute atomic E-state index is 0.0272. The minimum Gasteiger partial charge on any atom is -0.497 e. The van der Waals surface area contributed by atoms with Gasteiger partial charge >= 0.3 is 0 Å². The van der Waals surface area contributed by atoms with Gasteiger partial charge in [-0.05, 0) is 60.1 Å². The molecule has 3 aromatic carbocycles. The summed E-state index contributed by atoms with van der Waals surface area (Å²) in [6.07, 6.45) is 3.21. The molecule has 0 aromatic heterocycles. The normalized spacial score (nSPS) is 23.5. The van der Waals surface area contributed by atoms with E-state index in [9.17, 15) is 13.2 Å². The molecular formula is C29H32N2O5S. The molecule has 0 radical (unpaired) electrons. The van der Waals surface area contributed by atoms with Crippen LogP contribution in [0.25, 0.3) is 10.8 Å². The predicted octanol–water partition coefficient (Wildman–Crippen LogP) is 4.09. The van der Waals surface area contributed by atoms with E-state index in [1.54, 1.807) is 18.5 Å². The van der Waals surface area contributed by atoms with Gasteiger partial charge in [0, 0.05) is 18.2 Å². The number of amides is 1. The summed E-state index contributed by atoms with van der Waals surface area (Å²) in [5.41, 5.74) is 2.98. The van der Waals surface area contributed by atoms with Gasteiger partial charge in [0.15, 0.2) is 0 Å². The Balaban J connectivity index is 1.37. The summed E-state index contributed by atoms with van der Waals surface area (Å²) >= 11 is 0. The Hall–Kier alpha value is -3.10. The summed E-state index contributed by atoms with van der Waals surface area (Å²) in [6.45, 7) is 0.573. The molecule has 2 saturated heterocycles. The number of methoxy groups -OCH3 is 2. The van der Waals surface area contributed by atoms with E-state index in [0.717, 1.165) is 33.9 Å². The molecule has 3 aliphatic heterocycles. The number of piperidine rings is 1. The molecule has 37 heavy (non-hydrogen) atoms. The van der Waals surface area contributed by atoms with Crippen molar-refractivity contribution in [2.24, 2.45) is 0 Å². The second kappa shape index (κ2) is 9.33. The number of rotatable bonds is 6. The lowest BCUT2D eigenvalue weighted by Crippen LogP contribution is -2.67. The second-order valence-corrected chi connectivity index (χ2v) is 12.2. The van der Waals surface area contributed by atoms with Gasteiger partial charge in [0.25, 0.3) is 0 Å². The monoisotopic (exact) mass is 520 g/mol. The number of carbonyl (C=O) groups excluding carboxylic acids is 1. The molecule has 3 aromatic rings. The lowest BCUT2D eigenvalue weighted by molar-refractivity contribution is -0.150. The third-order valence-electron chi connectivity index (χ3n) is 8.29. The molecule has 0 N–H and O–H groups in total. The molecule has 2 fully saturated rings. The molecule has 3 atom stereocenters. The van der Waals surface area contributed by atoms with E-state index in [2.05, 4.69) is 0 Å². The summed E-state index contributed by atoms with van der Waals surface area (Å²) in [7, 11) is -0.474. The topological polar surface area (TPSA) is 76.2 Å². The van der Waals surface area contributed by atoms with Gasteiger partial charge in [0.2, 0.25) is 15.9 Å². The number of hydrogen-bond donors (Lipinski definition) is 0. The molecule has 1 amide bonds. The molecule has 0 aliphatic carbocycles. The van der Waals surface area contributed by atoms with E-state index in [1.807, 2.05) is 59.5 Å². The maximum absolute atomic E-state index is 14.0. The number of benzene rings is 3. The largest absolute Gasteiger partial charge is 0.497 e. The highest BCUT2D eigenvalue weighted by atomic mass is 32.2. The Morgan fingerprint density at radius 1 is 1.00 bits per heavy atom. The van der Waals surface area contributed by atoms with Gasteiger partial charge in [0.1, 0.15) is 17.5 Å². The van der Waals surface area contributed by atoms with E-state index in [4.69, 9.17) is 9.47 Å². The van der Waals surface area contributed by atoms with Crippen LogP contribution in [-0.4, -0.2) is 62.1 Å². The highest BCUT2D eigenvalue weighted by Gasteiger charge is 2.55. The van der Waals surface area contributed by atoms with Crippen molar-refractivity contribution in [3.05, 3.63) is 71.3 Å². The van der Waals surface area contributed by atoms with E-state index in [0.29, 0.717) is 43.7 Å². The van der Waals surface area contributed by atoms with Crippen LogP contribution in [0.4, 0.5) is 0 Å². The summed E-state index contributed by atoms with van der Waals surface area (Å²) in [5.74, 6) is 1.24. The Bertz CT molecular complexity index is 1450. The fourth-order valence-corrected chi connectivity index (χ4v) is 8.56. The molecule has 3 unspecified atom stereocenters. The SMILES string of the molecule is COc1cc2c(c(OC)c1)C1C3CCCC(C(=O)N1CC2)N3S(=O)(=O)CCc1cccc2ccccc12. The van der Waals surface area contributed by atoms with Crippen LogP contribution >= 0.6 is 0 Å². The van der Waals surface area contributed by atoms with Crippen LogP contribution in [0.1, 0.15) is 42.0 Å². The fraction of sp³-hybridized carbons (Fsp3) is 0.414. The number of sulfonamides is 1. The van der Waals surface area contributed by atoms with E-state index >= 15 is 0 Å². The molecule has 8 heteroatoms. The van der Waals surface area contributed by atoms with Crippen LogP contribution in [0.2, 0.25) is 0 Å². The third kappa shape index (κ3) is 3.97. The number of nitrogens with zero attached hydrogens (tertiary/aromatic N) is 2. The predicted molar refractivity (Wildman–Crippen MR) is 142 cm³/mol. The zero-order valence-corrected chi connectivity index (χ0v) is 22.0. The molecule has 0 spiro atoms. The smallest absolute Gasteiger partial charge is 0.241 e. The molecule has 7 nitrogen and oxygen atoms in total. The highest BCUT2D eigenvalue weighted by molar-refractivity contribution is 7.89. The summed E-state index contributed by atoms with van der Waals surface area (Å²) in [6, 6.07) is 16.6. The van der Waals surface area contributed by atoms with Crippen LogP contribution < -0.4 is 9.47 Å². The van der Waals surface area contributed by atoms with Crippen molar-refractivity contribution < 1.29 is 22.7 Å². The Morgan fingerprint density at radius 3 is 2.62 bits per heavy atom. The summed E-state index contributed by atoms with van der Waals surface area (Å²) in [4.78, 5) is 15.7. The molecule has 2 bridgehead atoms. The third-order valence-corrected chi connectivity index (χ3v) is 10.2. The minimum atomic E-state index is -3.71. The fourth-order valence-electron chi connectivity index (χ4n) is 6.65.